The van der Waals surface area contributed by atoms with E-state index in [-0.39, 0.29) is 30.5 Å². The van der Waals surface area contributed by atoms with Crippen LogP contribution in [0.5, 0.6) is 11.5 Å². The average molecular weight is 407 g/mol. The fourth-order valence-electron chi connectivity index (χ4n) is 2.36. The minimum absolute atomic E-state index is 0.0743. The van der Waals surface area contributed by atoms with E-state index in [1.54, 1.807) is 18.2 Å². The van der Waals surface area contributed by atoms with Crippen molar-refractivity contribution in [1.29, 1.82) is 0 Å². The molecule has 0 spiro atoms. The van der Waals surface area contributed by atoms with Crippen molar-refractivity contribution >= 4 is 15.9 Å². The van der Waals surface area contributed by atoms with Gasteiger partial charge in [0, 0.05) is 13.1 Å². The lowest BCUT2D eigenvalue weighted by molar-refractivity contribution is -0.123. The molecule has 2 aromatic carbocycles. The normalized spacial score (nSPS) is 11.1. The fraction of sp³-hybridized carbons (Fsp3) is 0.350. The molecule has 0 aliphatic heterocycles. The van der Waals surface area contributed by atoms with Gasteiger partial charge in [-0.25, -0.2) is 13.1 Å². The molecule has 0 unspecified atom stereocenters. The molecular weight excluding hydrogens is 380 g/mol. The molecule has 1 amide bonds. The van der Waals surface area contributed by atoms with Gasteiger partial charge in [0.05, 0.1) is 11.5 Å². The van der Waals surface area contributed by atoms with Crippen molar-refractivity contribution in [2.45, 2.75) is 25.7 Å². The molecule has 152 valence electrons. The van der Waals surface area contributed by atoms with Crippen LogP contribution in [0.1, 0.15) is 18.1 Å². The van der Waals surface area contributed by atoms with E-state index in [2.05, 4.69) is 10.0 Å². The minimum atomic E-state index is -3.64. The molecule has 2 aromatic rings. The van der Waals surface area contributed by atoms with Crippen LogP contribution in [-0.2, 0) is 14.8 Å². The van der Waals surface area contributed by atoms with Crippen LogP contribution in [-0.4, -0.2) is 40.6 Å². The smallest absolute Gasteiger partial charge is 0.257 e. The number of aryl methyl sites for hydroxylation is 2. The molecule has 0 bridgehead atoms. The summed E-state index contributed by atoms with van der Waals surface area (Å²) in [6.45, 7) is 6.44. The highest BCUT2D eigenvalue weighted by molar-refractivity contribution is 7.89. The third-order valence-corrected chi connectivity index (χ3v) is 5.51. The number of carbonyl (C=O) groups is 1. The highest BCUT2D eigenvalue weighted by atomic mass is 32.2. The maximum absolute atomic E-state index is 12.2. The van der Waals surface area contributed by atoms with Crippen molar-refractivity contribution in [1.82, 2.24) is 10.0 Å². The number of rotatable bonds is 10. The molecule has 0 atom stereocenters. The van der Waals surface area contributed by atoms with Gasteiger partial charge in [-0.3, -0.25) is 4.79 Å². The summed E-state index contributed by atoms with van der Waals surface area (Å²) < 4.78 is 37.6. The number of ether oxygens (including phenoxy) is 2. The molecule has 0 aliphatic rings. The fourth-order valence-corrected chi connectivity index (χ4v) is 3.39. The first-order valence-electron chi connectivity index (χ1n) is 9.01. The Hall–Kier alpha value is -2.58. The summed E-state index contributed by atoms with van der Waals surface area (Å²) in [5, 5.41) is 2.62. The zero-order valence-electron chi connectivity index (χ0n) is 16.3. The lowest BCUT2D eigenvalue weighted by Gasteiger charge is -2.10. The van der Waals surface area contributed by atoms with Gasteiger partial charge < -0.3 is 14.8 Å². The van der Waals surface area contributed by atoms with E-state index >= 15 is 0 Å². The van der Waals surface area contributed by atoms with Crippen molar-refractivity contribution in [3.05, 3.63) is 53.6 Å². The van der Waals surface area contributed by atoms with Crippen LogP contribution in [0.15, 0.2) is 47.4 Å². The second kappa shape index (κ2) is 10.1. The minimum Gasteiger partial charge on any atom is -0.494 e. The molecule has 0 aromatic heterocycles. The van der Waals surface area contributed by atoms with E-state index < -0.39 is 10.0 Å². The summed E-state index contributed by atoms with van der Waals surface area (Å²) in [5.74, 6) is 0.908. The predicted molar refractivity (Wildman–Crippen MR) is 107 cm³/mol. The second-order valence-corrected chi connectivity index (χ2v) is 7.95. The van der Waals surface area contributed by atoms with Crippen LogP contribution in [0.2, 0.25) is 0 Å². The Balaban J connectivity index is 1.73. The number of benzene rings is 2. The Morgan fingerprint density at radius 1 is 0.929 bits per heavy atom. The molecule has 2 rings (SSSR count). The van der Waals surface area contributed by atoms with Crippen molar-refractivity contribution in [2.75, 3.05) is 26.3 Å². The highest BCUT2D eigenvalue weighted by Gasteiger charge is 2.13. The number of amides is 1. The number of hydrogen-bond acceptors (Lipinski definition) is 5. The van der Waals surface area contributed by atoms with Gasteiger partial charge in [0.2, 0.25) is 10.0 Å². The number of sulfonamides is 1. The van der Waals surface area contributed by atoms with Crippen LogP contribution in [0, 0.1) is 13.8 Å². The van der Waals surface area contributed by atoms with Gasteiger partial charge in [-0.1, -0.05) is 6.07 Å². The van der Waals surface area contributed by atoms with Crippen molar-refractivity contribution < 1.29 is 22.7 Å². The summed E-state index contributed by atoms with van der Waals surface area (Å²) in [4.78, 5) is 12.0. The quantitative estimate of drug-likeness (QED) is 0.590. The molecule has 0 radical (unpaired) electrons. The SMILES string of the molecule is CCOc1ccc(S(=O)(=O)NCCNC(=O)COc2ccc(C)c(C)c2)cc1. The monoisotopic (exact) mass is 406 g/mol. The summed E-state index contributed by atoms with van der Waals surface area (Å²) >= 11 is 0. The van der Waals surface area contributed by atoms with Crippen LogP contribution in [0.4, 0.5) is 0 Å². The zero-order valence-corrected chi connectivity index (χ0v) is 17.1. The molecule has 0 heterocycles. The van der Waals surface area contributed by atoms with E-state index in [4.69, 9.17) is 9.47 Å². The molecule has 0 saturated carbocycles. The number of carbonyl (C=O) groups excluding carboxylic acids is 1. The molecule has 0 fully saturated rings. The Labute approximate surface area is 166 Å². The van der Waals surface area contributed by atoms with Crippen molar-refractivity contribution in [3.8, 4) is 11.5 Å². The lowest BCUT2D eigenvalue weighted by atomic mass is 10.1. The van der Waals surface area contributed by atoms with Crippen molar-refractivity contribution in [2.24, 2.45) is 0 Å². The van der Waals surface area contributed by atoms with Gasteiger partial charge in [-0.05, 0) is 68.3 Å². The Bertz CT molecular complexity index is 895. The molecule has 8 heteroatoms. The summed E-state index contributed by atoms with van der Waals surface area (Å²) in [7, 11) is -3.64. The second-order valence-electron chi connectivity index (χ2n) is 6.19. The van der Waals surface area contributed by atoms with E-state index in [9.17, 15) is 13.2 Å². The van der Waals surface area contributed by atoms with E-state index in [1.165, 1.54) is 12.1 Å². The largest absolute Gasteiger partial charge is 0.494 e. The third-order valence-electron chi connectivity index (χ3n) is 4.03. The first-order chi connectivity index (χ1) is 13.3. The van der Waals surface area contributed by atoms with Crippen LogP contribution < -0.4 is 19.5 Å². The lowest BCUT2D eigenvalue weighted by Crippen LogP contribution is -2.36. The molecule has 0 aliphatic carbocycles. The maximum atomic E-state index is 12.2. The third kappa shape index (κ3) is 6.54. The van der Waals surface area contributed by atoms with Crippen molar-refractivity contribution in [3.63, 3.8) is 0 Å². The van der Waals surface area contributed by atoms with Crippen LogP contribution in [0.3, 0.4) is 0 Å². The Morgan fingerprint density at radius 3 is 2.25 bits per heavy atom. The van der Waals surface area contributed by atoms with Gasteiger partial charge in [0.15, 0.2) is 6.61 Å². The van der Waals surface area contributed by atoms with Gasteiger partial charge in [-0.15, -0.1) is 0 Å². The summed E-state index contributed by atoms with van der Waals surface area (Å²) in [6, 6.07) is 11.8. The Morgan fingerprint density at radius 2 is 1.61 bits per heavy atom. The van der Waals surface area contributed by atoms with Gasteiger partial charge in [-0.2, -0.15) is 0 Å². The van der Waals surface area contributed by atoms with Crippen LogP contribution >= 0.6 is 0 Å². The first-order valence-corrected chi connectivity index (χ1v) is 10.5. The van der Waals surface area contributed by atoms with E-state index in [0.717, 1.165) is 11.1 Å². The maximum Gasteiger partial charge on any atom is 0.257 e. The molecule has 2 N–H and O–H groups in total. The van der Waals surface area contributed by atoms with Crippen LogP contribution in [0.25, 0.3) is 0 Å². The van der Waals surface area contributed by atoms with Gasteiger partial charge >= 0.3 is 0 Å². The standard InChI is InChI=1S/C20H26N2O5S/c1-4-26-17-7-9-19(10-8-17)28(24,25)22-12-11-21-20(23)14-27-18-6-5-15(2)16(3)13-18/h5-10,13,22H,4,11-12,14H2,1-3H3,(H,21,23). The number of nitrogens with one attached hydrogen (secondary N) is 2. The van der Waals surface area contributed by atoms with E-state index in [1.807, 2.05) is 32.9 Å². The predicted octanol–water partition coefficient (Wildman–Crippen LogP) is 2.18. The topological polar surface area (TPSA) is 93.7 Å². The molecule has 0 saturated heterocycles. The summed E-state index contributed by atoms with van der Waals surface area (Å²) in [6.07, 6.45) is 0. The number of hydrogen-bond donors (Lipinski definition) is 2. The Kier molecular flexibility index (Phi) is 7.83. The average Bonchev–Trinajstić information content (AvgIpc) is 2.67. The molecule has 7 nitrogen and oxygen atoms in total. The van der Waals surface area contributed by atoms with E-state index in [0.29, 0.717) is 18.1 Å². The van der Waals surface area contributed by atoms with Gasteiger partial charge in [0.25, 0.3) is 5.91 Å². The van der Waals surface area contributed by atoms with Gasteiger partial charge in [0.1, 0.15) is 11.5 Å². The first kappa shape index (κ1) is 21.7. The molecule has 28 heavy (non-hydrogen) atoms. The molecular formula is C20H26N2O5S. The highest BCUT2D eigenvalue weighted by Crippen LogP contribution is 2.16. The summed E-state index contributed by atoms with van der Waals surface area (Å²) in [5.41, 5.74) is 2.23. The zero-order chi connectivity index (χ0) is 20.6.